The number of carboxylic acid groups (broad SMARTS) is 1. The van der Waals surface area contributed by atoms with Crippen molar-refractivity contribution in [1.29, 1.82) is 0 Å². The van der Waals surface area contributed by atoms with Crippen molar-refractivity contribution < 1.29 is 24.1 Å². The molecule has 0 amide bonds. The fourth-order valence-electron chi connectivity index (χ4n) is 6.52. The number of benzene rings is 1. The van der Waals surface area contributed by atoms with E-state index < -0.39 is 5.97 Å². The number of carboxylic acids is 1. The average Bonchev–Trinajstić information content (AvgIpc) is 3.11. The van der Waals surface area contributed by atoms with Gasteiger partial charge in [-0.2, -0.15) is 0 Å². The van der Waals surface area contributed by atoms with Crippen molar-refractivity contribution in [2.45, 2.75) is 213 Å². The second kappa shape index (κ2) is 35.2. The second-order valence-electron chi connectivity index (χ2n) is 14.6. The Morgan fingerprint density at radius 3 is 1.04 bits per heavy atom. The Morgan fingerprint density at radius 2 is 0.740 bits per heavy atom. The summed E-state index contributed by atoms with van der Waals surface area (Å²) in [6.45, 7) is 8.68. The van der Waals surface area contributed by atoms with Crippen LogP contribution in [0.1, 0.15) is 219 Å². The molecule has 0 saturated carbocycles. The first-order valence-corrected chi connectivity index (χ1v) is 21.6. The summed E-state index contributed by atoms with van der Waals surface area (Å²) >= 11 is 0. The minimum absolute atomic E-state index is 0.620. The van der Waals surface area contributed by atoms with Gasteiger partial charge in [0.25, 0.3) is 0 Å². The van der Waals surface area contributed by atoms with Gasteiger partial charge in [0.05, 0.1) is 19.8 Å². The normalized spacial score (nSPS) is 11.4. The van der Waals surface area contributed by atoms with E-state index in [4.69, 9.17) is 14.2 Å². The van der Waals surface area contributed by atoms with E-state index in [1.165, 1.54) is 160 Å². The summed E-state index contributed by atoms with van der Waals surface area (Å²) in [6.07, 6.45) is 41.2. The van der Waals surface area contributed by atoms with Crippen molar-refractivity contribution in [2.24, 2.45) is 0 Å². The van der Waals surface area contributed by atoms with Gasteiger partial charge in [0.1, 0.15) is 0 Å². The number of aliphatic carboxylic acids is 1. The van der Waals surface area contributed by atoms with Gasteiger partial charge in [-0.25, -0.2) is 4.79 Å². The lowest BCUT2D eigenvalue weighted by molar-refractivity contribution is -0.131. The molecule has 0 aliphatic rings. The van der Waals surface area contributed by atoms with Gasteiger partial charge in [0, 0.05) is 6.08 Å². The molecule has 0 saturated heterocycles. The van der Waals surface area contributed by atoms with E-state index >= 15 is 0 Å². The molecule has 1 aromatic carbocycles. The molecule has 0 radical (unpaired) electrons. The van der Waals surface area contributed by atoms with E-state index in [9.17, 15) is 9.90 Å². The molecule has 0 aliphatic carbocycles. The fourth-order valence-corrected chi connectivity index (χ4v) is 6.52. The molecular formula is C45H80O5. The van der Waals surface area contributed by atoms with Crippen LogP contribution in [0, 0.1) is 0 Å². The number of ether oxygens (including phenoxy) is 3. The van der Waals surface area contributed by atoms with Crippen LogP contribution in [0.5, 0.6) is 17.2 Å². The van der Waals surface area contributed by atoms with Crippen molar-refractivity contribution in [3.63, 3.8) is 0 Å². The first-order chi connectivity index (χ1) is 24.6. The standard InChI is InChI=1S/C45H80O5/c1-4-7-10-13-16-19-22-25-28-31-36-48-42-39-41(34-35-44(46)47)40-43(49-37-32-29-26-23-20-17-14-11-8-5-2)45(42)50-38-33-30-27-24-21-18-15-12-9-6-3/h34-35,39-40H,4-33,36-38H2,1-3H3,(H,46,47). The molecule has 0 aromatic heterocycles. The highest BCUT2D eigenvalue weighted by molar-refractivity contribution is 5.85. The number of rotatable bonds is 38. The predicted molar refractivity (Wildman–Crippen MR) is 215 cm³/mol. The maximum atomic E-state index is 11.3. The highest BCUT2D eigenvalue weighted by atomic mass is 16.5. The molecule has 1 rings (SSSR count). The number of hydrogen-bond acceptors (Lipinski definition) is 4. The van der Waals surface area contributed by atoms with Gasteiger partial charge in [-0.15, -0.1) is 0 Å². The third-order valence-electron chi connectivity index (χ3n) is 9.72. The van der Waals surface area contributed by atoms with Crippen LogP contribution in [0.4, 0.5) is 0 Å². The zero-order valence-corrected chi connectivity index (χ0v) is 33.2. The molecule has 1 N–H and O–H groups in total. The summed E-state index contributed by atoms with van der Waals surface area (Å²) in [5.41, 5.74) is 0.759. The fraction of sp³-hybridized carbons (Fsp3) is 0.800. The smallest absolute Gasteiger partial charge is 0.328 e. The highest BCUT2D eigenvalue weighted by Gasteiger charge is 2.16. The molecule has 50 heavy (non-hydrogen) atoms. The van der Waals surface area contributed by atoms with Gasteiger partial charge in [-0.3, -0.25) is 0 Å². The molecule has 1 aromatic rings. The minimum Gasteiger partial charge on any atom is -0.490 e. The summed E-state index contributed by atoms with van der Waals surface area (Å²) in [4.78, 5) is 11.3. The molecule has 0 heterocycles. The van der Waals surface area contributed by atoms with Gasteiger partial charge in [-0.1, -0.05) is 194 Å². The third-order valence-corrected chi connectivity index (χ3v) is 9.72. The maximum Gasteiger partial charge on any atom is 0.328 e. The number of hydrogen-bond donors (Lipinski definition) is 1. The summed E-state index contributed by atoms with van der Waals surface area (Å²) in [5, 5.41) is 9.29. The molecule has 0 bridgehead atoms. The largest absolute Gasteiger partial charge is 0.490 e. The van der Waals surface area contributed by atoms with Gasteiger partial charge in [0.2, 0.25) is 5.75 Å². The van der Waals surface area contributed by atoms with Crippen molar-refractivity contribution in [2.75, 3.05) is 19.8 Å². The van der Waals surface area contributed by atoms with Crippen molar-refractivity contribution in [1.82, 2.24) is 0 Å². The van der Waals surface area contributed by atoms with Gasteiger partial charge in [0.15, 0.2) is 11.5 Å². The second-order valence-corrected chi connectivity index (χ2v) is 14.6. The monoisotopic (exact) mass is 701 g/mol. The van der Waals surface area contributed by atoms with E-state index in [1.54, 1.807) is 6.08 Å². The molecular weight excluding hydrogens is 620 g/mol. The Balaban J connectivity index is 2.72. The van der Waals surface area contributed by atoms with Gasteiger partial charge < -0.3 is 19.3 Å². The summed E-state index contributed by atoms with van der Waals surface area (Å²) in [6, 6.07) is 3.83. The van der Waals surface area contributed by atoms with Crippen LogP contribution >= 0.6 is 0 Å². The molecule has 0 spiro atoms. The minimum atomic E-state index is -0.966. The van der Waals surface area contributed by atoms with Crippen LogP contribution in [0.3, 0.4) is 0 Å². The number of unbranched alkanes of at least 4 members (excludes halogenated alkanes) is 27. The Morgan fingerprint density at radius 1 is 0.460 bits per heavy atom. The van der Waals surface area contributed by atoms with E-state index in [0.29, 0.717) is 37.1 Å². The lowest BCUT2D eigenvalue weighted by Gasteiger charge is -2.18. The molecule has 0 atom stereocenters. The first-order valence-electron chi connectivity index (χ1n) is 21.6. The van der Waals surface area contributed by atoms with Crippen molar-refractivity contribution >= 4 is 12.0 Å². The van der Waals surface area contributed by atoms with Gasteiger partial charge >= 0.3 is 5.97 Å². The maximum absolute atomic E-state index is 11.3. The van der Waals surface area contributed by atoms with Crippen LogP contribution in [0.25, 0.3) is 6.08 Å². The molecule has 290 valence electrons. The summed E-state index contributed by atoms with van der Waals surface area (Å²) < 4.78 is 19.2. The molecule has 0 fully saturated rings. The van der Waals surface area contributed by atoms with Crippen molar-refractivity contribution in [3.05, 3.63) is 23.8 Å². The molecule has 5 heteroatoms. The lowest BCUT2D eigenvalue weighted by atomic mass is 10.1. The molecule has 0 unspecified atom stereocenters. The van der Waals surface area contributed by atoms with E-state index in [0.717, 1.165) is 44.1 Å². The van der Waals surface area contributed by atoms with Crippen LogP contribution in [0.15, 0.2) is 18.2 Å². The van der Waals surface area contributed by atoms with Crippen LogP contribution in [0.2, 0.25) is 0 Å². The zero-order chi connectivity index (χ0) is 36.2. The zero-order valence-electron chi connectivity index (χ0n) is 33.2. The lowest BCUT2D eigenvalue weighted by Crippen LogP contribution is -2.07. The average molecular weight is 701 g/mol. The first kappa shape index (κ1) is 45.9. The molecule has 0 aliphatic heterocycles. The van der Waals surface area contributed by atoms with Crippen LogP contribution < -0.4 is 14.2 Å². The van der Waals surface area contributed by atoms with E-state index in [2.05, 4.69) is 20.8 Å². The Labute approximate surface area is 309 Å². The van der Waals surface area contributed by atoms with E-state index in [-0.39, 0.29) is 0 Å². The SMILES string of the molecule is CCCCCCCCCCCCOc1cc(C=CC(=O)O)cc(OCCCCCCCCCCCC)c1OCCCCCCCCCCCC. The Hall–Kier alpha value is -2.17. The van der Waals surface area contributed by atoms with Crippen LogP contribution in [-0.4, -0.2) is 30.9 Å². The molecule has 5 nitrogen and oxygen atoms in total. The van der Waals surface area contributed by atoms with E-state index in [1.807, 2.05) is 12.1 Å². The summed E-state index contributed by atoms with van der Waals surface area (Å²) in [5.74, 6) is 1.04. The quantitative estimate of drug-likeness (QED) is 0.0549. The van der Waals surface area contributed by atoms with Crippen LogP contribution in [-0.2, 0) is 4.79 Å². The Bertz CT molecular complexity index is 879. The third kappa shape index (κ3) is 27.5. The number of carbonyl (C=O) groups is 1. The van der Waals surface area contributed by atoms with Crippen molar-refractivity contribution in [3.8, 4) is 17.2 Å². The summed E-state index contributed by atoms with van der Waals surface area (Å²) in [7, 11) is 0. The Kier molecular flexibility index (Phi) is 32.3. The predicted octanol–water partition coefficient (Wildman–Crippen LogP) is 14.7. The topological polar surface area (TPSA) is 65.0 Å². The van der Waals surface area contributed by atoms with Gasteiger partial charge in [-0.05, 0) is 43.0 Å². The highest BCUT2D eigenvalue weighted by Crippen LogP contribution is 2.40.